The maximum atomic E-state index is 12.7. The molecule has 1 fully saturated rings. The average molecular weight is 315 g/mol. The maximum absolute atomic E-state index is 12.7. The van der Waals surface area contributed by atoms with Crippen molar-refractivity contribution in [2.75, 3.05) is 13.1 Å². The van der Waals surface area contributed by atoms with Crippen LogP contribution < -0.4 is 5.73 Å². The molecule has 0 saturated carbocycles. The number of nitrogens with zero attached hydrogens (tertiary/aromatic N) is 4. The van der Waals surface area contributed by atoms with E-state index in [1.165, 1.54) is 12.1 Å². The molecule has 1 aliphatic heterocycles. The molecule has 1 atom stereocenters. The number of amides is 1. The lowest BCUT2D eigenvalue weighted by atomic mass is 10.1. The van der Waals surface area contributed by atoms with Gasteiger partial charge in [0.05, 0.1) is 10.5 Å². The number of hydrogen-bond acceptors (Lipinski definition) is 5. The Bertz CT molecular complexity index is 753. The first-order valence-corrected chi connectivity index (χ1v) is 7.29. The summed E-state index contributed by atoms with van der Waals surface area (Å²) in [7, 11) is 1.74. The molecule has 2 heterocycles. The van der Waals surface area contributed by atoms with E-state index < -0.39 is 4.92 Å². The van der Waals surface area contributed by atoms with Crippen LogP contribution in [0.2, 0.25) is 0 Å². The average Bonchev–Trinajstić information content (AvgIpc) is 3.12. The van der Waals surface area contributed by atoms with E-state index in [1.54, 1.807) is 35.0 Å². The Hall–Kier alpha value is -2.74. The number of likely N-dealkylation sites (tertiary alicyclic amines) is 1. The summed E-state index contributed by atoms with van der Waals surface area (Å²) in [5.41, 5.74) is 7.54. The number of non-ortho nitro benzene ring substituents is 1. The van der Waals surface area contributed by atoms with Crippen molar-refractivity contribution >= 4 is 11.6 Å². The zero-order chi connectivity index (χ0) is 16.6. The van der Waals surface area contributed by atoms with Crippen LogP contribution in [0.1, 0.15) is 16.8 Å². The normalized spacial score (nSPS) is 17.5. The zero-order valence-corrected chi connectivity index (χ0v) is 12.7. The molecule has 0 unspecified atom stereocenters. The highest BCUT2D eigenvalue weighted by molar-refractivity contribution is 6.00. The molecule has 23 heavy (non-hydrogen) atoms. The summed E-state index contributed by atoms with van der Waals surface area (Å²) in [5, 5.41) is 15.1. The molecule has 8 heteroatoms. The molecular weight excluding hydrogens is 298 g/mol. The number of carbonyl (C=O) groups is 1. The van der Waals surface area contributed by atoms with Gasteiger partial charge in [0, 0.05) is 50.1 Å². The molecule has 1 saturated heterocycles. The third-order valence-electron chi connectivity index (χ3n) is 3.92. The van der Waals surface area contributed by atoms with Crippen molar-refractivity contribution < 1.29 is 9.72 Å². The van der Waals surface area contributed by atoms with Crippen LogP contribution in [0, 0.1) is 10.1 Å². The van der Waals surface area contributed by atoms with Gasteiger partial charge < -0.3 is 10.6 Å². The van der Waals surface area contributed by atoms with E-state index in [2.05, 4.69) is 5.10 Å². The van der Waals surface area contributed by atoms with Gasteiger partial charge in [0.2, 0.25) is 0 Å². The first-order valence-electron chi connectivity index (χ1n) is 7.29. The second kappa shape index (κ2) is 5.81. The summed E-state index contributed by atoms with van der Waals surface area (Å²) in [4.78, 5) is 24.7. The number of carbonyl (C=O) groups excluding carboxylic acids is 1. The van der Waals surface area contributed by atoms with Crippen molar-refractivity contribution in [1.29, 1.82) is 0 Å². The summed E-state index contributed by atoms with van der Waals surface area (Å²) >= 11 is 0. The molecular formula is C15H17N5O3. The van der Waals surface area contributed by atoms with Gasteiger partial charge in [-0.2, -0.15) is 5.10 Å². The highest BCUT2D eigenvalue weighted by Gasteiger charge is 2.28. The fraction of sp³-hybridized carbons (Fsp3) is 0.333. The third-order valence-corrected chi connectivity index (χ3v) is 3.92. The second-order valence-electron chi connectivity index (χ2n) is 5.67. The molecule has 3 rings (SSSR count). The standard InChI is InChI=1S/C15H17N5O3/c1-18-9-13(15(21)19-7-6-11(16)8-19)14(17-18)10-2-4-12(5-3-10)20(22)23/h2-5,9,11H,6-8,16H2,1H3/t11-/m1/s1. The molecule has 2 aromatic rings. The Morgan fingerprint density at radius 2 is 2.09 bits per heavy atom. The van der Waals surface area contributed by atoms with E-state index in [4.69, 9.17) is 5.73 Å². The molecule has 2 N–H and O–H groups in total. The van der Waals surface area contributed by atoms with Crippen molar-refractivity contribution in [2.45, 2.75) is 12.5 Å². The first-order chi connectivity index (χ1) is 11.0. The molecule has 0 spiro atoms. The van der Waals surface area contributed by atoms with Gasteiger partial charge in [-0.05, 0) is 18.6 Å². The van der Waals surface area contributed by atoms with Gasteiger partial charge in [0.25, 0.3) is 11.6 Å². The van der Waals surface area contributed by atoms with Crippen LogP contribution in [-0.4, -0.2) is 44.6 Å². The SMILES string of the molecule is Cn1cc(C(=O)N2CC[C@@H](N)C2)c(-c2ccc([N+](=O)[O-])cc2)n1. The molecule has 0 bridgehead atoms. The number of nitrogens with two attached hydrogens (primary N) is 1. The third kappa shape index (κ3) is 2.93. The van der Waals surface area contributed by atoms with E-state index in [9.17, 15) is 14.9 Å². The van der Waals surface area contributed by atoms with Crippen LogP contribution in [0.3, 0.4) is 0 Å². The number of hydrogen-bond donors (Lipinski definition) is 1. The van der Waals surface area contributed by atoms with Gasteiger partial charge in [-0.15, -0.1) is 0 Å². The largest absolute Gasteiger partial charge is 0.337 e. The minimum Gasteiger partial charge on any atom is -0.337 e. The summed E-state index contributed by atoms with van der Waals surface area (Å²) in [5.74, 6) is -0.112. The lowest BCUT2D eigenvalue weighted by Crippen LogP contribution is -2.32. The smallest absolute Gasteiger partial charge is 0.269 e. The summed E-state index contributed by atoms with van der Waals surface area (Å²) in [6, 6.07) is 6.03. The summed E-state index contributed by atoms with van der Waals surface area (Å²) in [6.45, 7) is 1.17. The van der Waals surface area contributed by atoms with E-state index >= 15 is 0 Å². The highest BCUT2D eigenvalue weighted by atomic mass is 16.6. The number of nitro groups is 1. The molecule has 1 aromatic heterocycles. The Balaban J connectivity index is 1.94. The van der Waals surface area contributed by atoms with Crippen LogP contribution in [0.25, 0.3) is 11.3 Å². The van der Waals surface area contributed by atoms with Gasteiger partial charge in [0.1, 0.15) is 5.69 Å². The Labute approximate surface area is 132 Å². The molecule has 1 aliphatic rings. The molecule has 8 nitrogen and oxygen atoms in total. The fourth-order valence-electron chi connectivity index (χ4n) is 2.74. The predicted molar refractivity (Wildman–Crippen MR) is 83.8 cm³/mol. The van der Waals surface area contributed by atoms with Crippen LogP contribution >= 0.6 is 0 Å². The topological polar surface area (TPSA) is 107 Å². The number of aromatic nitrogens is 2. The number of rotatable bonds is 3. The number of benzene rings is 1. The second-order valence-corrected chi connectivity index (χ2v) is 5.67. The van der Waals surface area contributed by atoms with Gasteiger partial charge in [-0.25, -0.2) is 0 Å². The van der Waals surface area contributed by atoms with Crippen molar-refractivity contribution in [1.82, 2.24) is 14.7 Å². The van der Waals surface area contributed by atoms with Crippen LogP contribution in [0.4, 0.5) is 5.69 Å². The quantitative estimate of drug-likeness (QED) is 0.675. The number of aryl methyl sites for hydroxylation is 1. The van der Waals surface area contributed by atoms with Gasteiger partial charge in [0.15, 0.2) is 0 Å². The van der Waals surface area contributed by atoms with Gasteiger partial charge >= 0.3 is 0 Å². The van der Waals surface area contributed by atoms with Crippen LogP contribution in [0.5, 0.6) is 0 Å². The maximum Gasteiger partial charge on any atom is 0.269 e. The predicted octanol–water partition coefficient (Wildman–Crippen LogP) is 1.17. The molecule has 120 valence electrons. The monoisotopic (exact) mass is 315 g/mol. The lowest BCUT2D eigenvalue weighted by molar-refractivity contribution is -0.384. The van der Waals surface area contributed by atoms with E-state index in [0.29, 0.717) is 29.9 Å². The van der Waals surface area contributed by atoms with Crippen molar-refractivity contribution in [3.8, 4) is 11.3 Å². The summed E-state index contributed by atoms with van der Waals surface area (Å²) in [6.07, 6.45) is 2.46. The minimum absolute atomic E-state index is 0.00285. The van der Waals surface area contributed by atoms with Crippen LogP contribution in [-0.2, 0) is 7.05 Å². The number of nitro benzene ring substituents is 1. The zero-order valence-electron chi connectivity index (χ0n) is 12.7. The molecule has 0 radical (unpaired) electrons. The van der Waals surface area contributed by atoms with Crippen LogP contribution in [0.15, 0.2) is 30.5 Å². The van der Waals surface area contributed by atoms with E-state index in [0.717, 1.165) is 6.42 Å². The fourth-order valence-corrected chi connectivity index (χ4v) is 2.74. The summed E-state index contributed by atoms with van der Waals surface area (Å²) < 4.78 is 1.57. The van der Waals surface area contributed by atoms with Crippen molar-refractivity contribution in [3.63, 3.8) is 0 Å². The van der Waals surface area contributed by atoms with E-state index in [1.807, 2.05) is 0 Å². The molecule has 0 aliphatic carbocycles. The first kappa shape index (κ1) is 15.2. The molecule has 1 amide bonds. The highest BCUT2D eigenvalue weighted by Crippen LogP contribution is 2.26. The molecule has 1 aromatic carbocycles. The van der Waals surface area contributed by atoms with Crippen molar-refractivity contribution in [3.05, 3.63) is 46.1 Å². The van der Waals surface area contributed by atoms with Gasteiger partial charge in [-0.1, -0.05) is 0 Å². The van der Waals surface area contributed by atoms with Crippen molar-refractivity contribution in [2.24, 2.45) is 12.8 Å². The lowest BCUT2D eigenvalue weighted by Gasteiger charge is -2.15. The Morgan fingerprint density at radius 1 is 1.39 bits per heavy atom. The van der Waals surface area contributed by atoms with Gasteiger partial charge in [-0.3, -0.25) is 19.6 Å². The Kier molecular flexibility index (Phi) is 3.83. The Morgan fingerprint density at radius 3 is 2.65 bits per heavy atom. The minimum atomic E-state index is -0.458. The van der Waals surface area contributed by atoms with E-state index in [-0.39, 0.29) is 17.6 Å².